The molecule has 0 aromatic heterocycles. The van der Waals surface area contributed by atoms with E-state index in [9.17, 15) is 0 Å². The zero-order chi connectivity index (χ0) is 13.4. The molecular formula is C15H29NOS. The van der Waals surface area contributed by atoms with E-state index in [1.165, 1.54) is 38.5 Å². The minimum Gasteiger partial charge on any atom is -0.470 e. The number of ether oxygens (including phenoxy) is 1. The van der Waals surface area contributed by atoms with Gasteiger partial charge in [0.2, 0.25) is 5.23 Å². The summed E-state index contributed by atoms with van der Waals surface area (Å²) in [5, 5.41) is 0.910. The molecule has 0 spiro atoms. The molecule has 18 heavy (non-hydrogen) atoms. The Labute approximate surface area is 117 Å². The topological polar surface area (TPSA) is 21.6 Å². The fourth-order valence-electron chi connectivity index (χ4n) is 2.34. The summed E-state index contributed by atoms with van der Waals surface area (Å²) in [6.45, 7) is 8.79. The Hall–Kier alpha value is -0.180. The smallest absolute Gasteiger partial charge is 0.246 e. The van der Waals surface area contributed by atoms with Crippen LogP contribution in [-0.2, 0) is 4.74 Å². The molecule has 0 aromatic rings. The van der Waals surface area contributed by atoms with Crippen LogP contribution in [0.2, 0.25) is 0 Å². The fourth-order valence-corrected chi connectivity index (χ4v) is 3.41. The number of hydrogen-bond donors (Lipinski definition) is 0. The summed E-state index contributed by atoms with van der Waals surface area (Å²) < 4.78 is 5.78. The van der Waals surface area contributed by atoms with Gasteiger partial charge >= 0.3 is 0 Å². The molecule has 1 rings (SSSR count). The lowest BCUT2D eigenvalue weighted by atomic mass is 9.98. The van der Waals surface area contributed by atoms with Crippen LogP contribution < -0.4 is 0 Å². The largest absolute Gasteiger partial charge is 0.470 e. The van der Waals surface area contributed by atoms with Crippen molar-refractivity contribution in [3.8, 4) is 0 Å². The average molecular weight is 271 g/mol. The lowest BCUT2D eigenvalue weighted by Gasteiger charge is -2.31. The molecule has 0 aliphatic carbocycles. The van der Waals surface area contributed by atoms with Crippen LogP contribution in [0, 0.1) is 0 Å². The summed E-state index contributed by atoms with van der Waals surface area (Å²) in [5.74, 6) is 1.15. The molecule has 1 unspecified atom stereocenters. The monoisotopic (exact) mass is 271 g/mol. The van der Waals surface area contributed by atoms with Gasteiger partial charge in [0, 0.05) is 12.2 Å². The van der Waals surface area contributed by atoms with Crippen molar-refractivity contribution in [2.24, 2.45) is 4.99 Å². The minimum atomic E-state index is 0.0567. The van der Waals surface area contributed by atoms with Gasteiger partial charge in [0.25, 0.3) is 0 Å². The van der Waals surface area contributed by atoms with E-state index in [-0.39, 0.29) is 5.54 Å². The number of nitrogens with zero attached hydrogens (tertiary/aromatic N) is 1. The maximum absolute atomic E-state index is 5.78. The summed E-state index contributed by atoms with van der Waals surface area (Å²) >= 11 is 1.79. The van der Waals surface area contributed by atoms with Crippen LogP contribution in [0.25, 0.3) is 0 Å². The van der Waals surface area contributed by atoms with Gasteiger partial charge in [0.1, 0.15) is 6.10 Å². The van der Waals surface area contributed by atoms with E-state index in [0.29, 0.717) is 6.10 Å². The number of unbranched alkanes of at least 4 members (excludes halogenated alkanes) is 5. The third-order valence-corrected chi connectivity index (χ3v) is 4.13. The Morgan fingerprint density at radius 2 is 1.89 bits per heavy atom. The maximum atomic E-state index is 5.78. The highest BCUT2D eigenvalue weighted by atomic mass is 32.2. The average Bonchev–Trinajstić information content (AvgIpc) is 2.25. The first-order chi connectivity index (χ1) is 8.53. The number of hydrogen-bond acceptors (Lipinski definition) is 3. The lowest BCUT2D eigenvalue weighted by molar-refractivity contribution is 0.152. The van der Waals surface area contributed by atoms with Crippen molar-refractivity contribution in [1.29, 1.82) is 0 Å². The van der Waals surface area contributed by atoms with Crippen molar-refractivity contribution >= 4 is 17.0 Å². The van der Waals surface area contributed by atoms with Crippen LogP contribution in [-0.4, -0.2) is 22.6 Å². The van der Waals surface area contributed by atoms with Gasteiger partial charge in [-0.25, -0.2) is 4.99 Å². The van der Waals surface area contributed by atoms with E-state index in [0.717, 1.165) is 17.4 Å². The SMILES string of the molecule is CCCCCCCCSC1=NC(C)(C)CC(C)O1. The van der Waals surface area contributed by atoms with Gasteiger partial charge in [-0.05, 0) is 27.2 Å². The predicted molar refractivity (Wildman–Crippen MR) is 82.5 cm³/mol. The van der Waals surface area contributed by atoms with E-state index >= 15 is 0 Å². The zero-order valence-corrected chi connectivity index (χ0v) is 13.3. The van der Waals surface area contributed by atoms with E-state index in [1.807, 2.05) is 0 Å². The first-order valence-corrected chi connectivity index (χ1v) is 8.41. The van der Waals surface area contributed by atoms with E-state index < -0.39 is 0 Å². The molecule has 106 valence electrons. The second-order valence-corrected chi connectivity index (χ2v) is 6.99. The second kappa shape index (κ2) is 8.08. The molecule has 1 atom stereocenters. The van der Waals surface area contributed by atoms with Crippen LogP contribution >= 0.6 is 11.8 Å². The van der Waals surface area contributed by atoms with Gasteiger partial charge in [-0.3, -0.25) is 0 Å². The van der Waals surface area contributed by atoms with Crippen LogP contribution in [0.5, 0.6) is 0 Å². The predicted octanol–water partition coefficient (Wildman–Crippen LogP) is 5.02. The van der Waals surface area contributed by atoms with Crippen molar-refractivity contribution in [2.45, 2.75) is 84.3 Å². The van der Waals surface area contributed by atoms with Crippen LogP contribution in [0.3, 0.4) is 0 Å². The van der Waals surface area contributed by atoms with Gasteiger partial charge in [-0.15, -0.1) is 0 Å². The Morgan fingerprint density at radius 3 is 2.56 bits per heavy atom. The maximum Gasteiger partial charge on any atom is 0.246 e. The Bertz CT molecular complexity index is 263. The van der Waals surface area contributed by atoms with E-state index in [2.05, 4.69) is 32.7 Å². The van der Waals surface area contributed by atoms with Crippen LogP contribution in [0.15, 0.2) is 4.99 Å². The number of aliphatic imine (C=N–C) groups is 1. The third-order valence-electron chi connectivity index (χ3n) is 3.21. The van der Waals surface area contributed by atoms with Crippen LogP contribution in [0.4, 0.5) is 0 Å². The standard InChI is InChI=1S/C15H29NOS/c1-5-6-7-8-9-10-11-18-14-16-15(3,4)12-13(2)17-14/h13H,5-12H2,1-4H3. The molecule has 3 heteroatoms. The molecule has 0 radical (unpaired) electrons. The molecule has 1 aliphatic rings. The number of rotatable bonds is 7. The quantitative estimate of drug-likeness (QED) is 0.606. The van der Waals surface area contributed by atoms with Crippen molar-refractivity contribution in [3.63, 3.8) is 0 Å². The van der Waals surface area contributed by atoms with Gasteiger partial charge in [-0.1, -0.05) is 50.8 Å². The highest BCUT2D eigenvalue weighted by molar-refractivity contribution is 8.13. The summed E-state index contributed by atoms with van der Waals surface area (Å²) in [7, 11) is 0. The minimum absolute atomic E-state index is 0.0567. The fraction of sp³-hybridized carbons (Fsp3) is 0.933. The van der Waals surface area contributed by atoms with Crippen molar-refractivity contribution in [1.82, 2.24) is 0 Å². The van der Waals surface area contributed by atoms with Gasteiger partial charge in [-0.2, -0.15) is 0 Å². The first kappa shape index (κ1) is 15.9. The molecule has 0 saturated heterocycles. The highest BCUT2D eigenvalue weighted by Crippen LogP contribution is 2.27. The summed E-state index contributed by atoms with van der Waals surface area (Å²) in [4.78, 5) is 4.67. The Kier molecular flexibility index (Phi) is 7.13. The molecule has 1 heterocycles. The molecule has 0 amide bonds. The van der Waals surface area contributed by atoms with E-state index in [4.69, 9.17) is 4.74 Å². The Balaban J connectivity index is 2.13. The van der Waals surface area contributed by atoms with Gasteiger partial charge < -0.3 is 4.74 Å². The number of thioether (sulfide) groups is 1. The molecule has 0 fully saturated rings. The third kappa shape index (κ3) is 6.67. The second-order valence-electron chi connectivity index (χ2n) is 5.94. The molecule has 0 N–H and O–H groups in total. The van der Waals surface area contributed by atoms with Crippen molar-refractivity contribution in [2.75, 3.05) is 5.75 Å². The summed E-state index contributed by atoms with van der Waals surface area (Å²) in [5.41, 5.74) is 0.0567. The van der Waals surface area contributed by atoms with Gasteiger partial charge in [0.15, 0.2) is 0 Å². The van der Waals surface area contributed by atoms with Crippen LogP contribution in [0.1, 0.15) is 72.6 Å². The van der Waals surface area contributed by atoms with Crippen molar-refractivity contribution < 1.29 is 4.74 Å². The first-order valence-electron chi connectivity index (χ1n) is 7.43. The normalized spacial score (nSPS) is 22.4. The van der Waals surface area contributed by atoms with Crippen molar-refractivity contribution in [3.05, 3.63) is 0 Å². The Morgan fingerprint density at radius 1 is 1.22 bits per heavy atom. The molecule has 0 aromatic carbocycles. The molecule has 1 aliphatic heterocycles. The summed E-state index contributed by atoms with van der Waals surface area (Å²) in [6, 6.07) is 0. The molecular weight excluding hydrogens is 242 g/mol. The summed E-state index contributed by atoms with van der Waals surface area (Å²) in [6.07, 6.45) is 9.44. The molecule has 0 saturated carbocycles. The van der Waals surface area contributed by atoms with E-state index in [1.54, 1.807) is 11.8 Å². The zero-order valence-electron chi connectivity index (χ0n) is 12.5. The lowest BCUT2D eigenvalue weighted by Crippen LogP contribution is -2.32. The molecule has 0 bridgehead atoms. The van der Waals surface area contributed by atoms with Gasteiger partial charge in [0.05, 0.1) is 5.54 Å². The highest BCUT2D eigenvalue weighted by Gasteiger charge is 2.27. The molecule has 2 nitrogen and oxygen atoms in total.